The molecule has 2 nitrogen and oxygen atoms in total. The Bertz CT molecular complexity index is 3200. The lowest BCUT2D eigenvalue weighted by molar-refractivity contribution is 0.669. The molecule has 258 valence electrons. The molecule has 2 aromatic heterocycles. The minimum absolute atomic E-state index is 0.907. The van der Waals surface area contributed by atoms with Gasteiger partial charge in [-0.15, -0.1) is 11.3 Å². The van der Waals surface area contributed by atoms with Crippen molar-refractivity contribution in [2.45, 2.75) is 0 Å². The third-order valence-electron chi connectivity index (χ3n) is 10.9. The molecule has 0 aliphatic carbocycles. The van der Waals surface area contributed by atoms with Crippen LogP contribution >= 0.6 is 11.3 Å². The van der Waals surface area contributed by atoms with Crippen molar-refractivity contribution < 1.29 is 4.42 Å². The molecule has 11 aromatic rings. The van der Waals surface area contributed by atoms with Gasteiger partial charge in [0.1, 0.15) is 11.2 Å². The first-order valence-corrected chi connectivity index (χ1v) is 19.5. The summed E-state index contributed by atoms with van der Waals surface area (Å²) in [5.41, 5.74) is 12.3. The van der Waals surface area contributed by atoms with Gasteiger partial charge in [0.2, 0.25) is 0 Å². The van der Waals surface area contributed by atoms with Crippen molar-refractivity contribution in [2.24, 2.45) is 0 Å². The van der Waals surface area contributed by atoms with Crippen LogP contribution in [-0.2, 0) is 0 Å². The monoisotopic (exact) mass is 719 g/mol. The highest BCUT2D eigenvalue weighted by atomic mass is 32.1. The van der Waals surface area contributed by atoms with Crippen LogP contribution < -0.4 is 4.90 Å². The summed E-state index contributed by atoms with van der Waals surface area (Å²) in [6.45, 7) is 0. The summed E-state index contributed by atoms with van der Waals surface area (Å²) >= 11 is 1.86. The van der Waals surface area contributed by atoms with Crippen molar-refractivity contribution in [3.63, 3.8) is 0 Å². The van der Waals surface area contributed by atoms with Crippen molar-refractivity contribution >= 4 is 81.3 Å². The van der Waals surface area contributed by atoms with E-state index in [-0.39, 0.29) is 0 Å². The second kappa shape index (κ2) is 12.9. The maximum atomic E-state index is 6.15. The molecule has 2 heterocycles. The normalized spacial score (nSPS) is 11.6. The molecule has 0 bridgehead atoms. The number of furan rings is 1. The van der Waals surface area contributed by atoms with Crippen LogP contribution in [0, 0.1) is 0 Å². The van der Waals surface area contributed by atoms with Crippen LogP contribution in [0.5, 0.6) is 0 Å². The number of fused-ring (bicyclic) bond motifs is 7. The first kappa shape index (κ1) is 31.6. The summed E-state index contributed by atoms with van der Waals surface area (Å²) in [6, 6.07) is 72.3. The Morgan fingerprint density at radius 3 is 1.89 bits per heavy atom. The molecule has 0 aliphatic rings. The van der Waals surface area contributed by atoms with Crippen molar-refractivity contribution in [3.05, 3.63) is 200 Å². The third kappa shape index (κ3) is 5.24. The summed E-state index contributed by atoms with van der Waals surface area (Å²) in [6.07, 6.45) is 0. The highest BCUT2D eigenvalue weighted by Gasteiger charge is 2.22. The standard InChI is InChI=1S/C52H33NOS/c1-2-13-35(14-3-1)39-20-10-15-36-16-11-21-43(51(36)39)40-17-4-7-23-46(40)53(47-24-12-22-44-42-19-6-9-26-50(42)55-52(44)47)38-30-27-34(28-31-38)37-29-32-49-45(33-37)41-18-5-8-25-48(41)54-49/h1-33H. The number of nitrogens with zero attached hydrogens (tertiary/aromatic N) is 1. The van der Waals surface area contributed by atoms with E-state index in [0.29, 0.717) is 0 Å². The van der Waals surface area contributed by atoms with Gasteiger partial charge in [-0.05, 0) is 87.1 Å². The molecule has 0 radical (unpaired) electrons. The summed E-state index contributed by atoms with van der Waals surface area (Å²) in [7, 11) is 0. The maximum Gasteiger partial charge on any atom is 0.135 e. The largest absolute Gasteiger partial charge is 0.456 e. The van der Waals surface area contributed by atoms with E-state index >= 15 is 0 Å². The molecule has 0 aliphatic heterocycles. The van der Waals surface area contributed by atoms with Gasteiger partial charge in [-0.2, -0.15) is 0 Å². The molecular weight excluding hydrogens is 687 g/mol. The number of benzene rings is 9. The van der Waals surface area contributed by atoms with E-state index in [0.717, 1.165) is 50.1 Å². The van der Waals surface area contributed by atoms with Crippen LogP contribution in [0.15, 0.2) is 205 Å². The Morgan fingerprint density at radius 2 is 1.02 bits per heavy atom. The van der Waals surface area contributed by atoms with Gasteiger partial charge in [-0.3, -0.25) is 0 Å². The number of thiophene rings is 1. The molecule has 0 N–H and O–H groups in total. The smallest absolute Gasteiger partial charge is 0.135 e. The molecule has 0 saturated heterocycles. The SMILES string of the molecule is c1ccc(-c2cccc3cccc(-c4ccccc4N(c4ccc(-c5ccc6oc7ccccc7c6c5)cc4)c4cccc5c4sc4ccccc45)c23)cc1. The predicted molar refractivity (Wildman–Crippen MR) is 235 cm³/mol. The van der Waals surface area contributed by atoms with Gasteiger partial charge < -0.3 is 9.32 Å². The second-order valence-electron chi connectivity index (χ2n) is 14.0. The van der Waals surface area contributed by atoms with Gasteiger partial charge in [0.05, 0.1) is 16.1 Å². The molecule has 55 heavy (non-hydrogen) atoms. The predicted octanol–water partition coefficient (Wildman–Crippen LogP) is 15.6. The zero-order valence-electron chi connectivity index (χ0n) is 29.8. The molecule has 9 aromatic carbocycles. The molecular formula is C52H33NOS. The van der Waals surface area contributed by atoms with E-state index < -0.39 is 0 Å². The molecule has 11 rings (SSSR count). The Kier molecular flexibility index (Phi) is 7.39. The quantitative estimate of drug-likeness (QED) is 0.170. The molecule has 0 unspecified atom stereocenters. The maximum absolute atomic E-state index is 6.15. The fourth-order valence-electron chi connectivity index (χ4n) is 8.35. The van der Waals surface area contributed by atoms with E-state index in [2.05, 4.69) is 193 Å². The zero-order chi connectivity index (χ0) is 36.3. The van der Waals surface area contributed by atoms with Gasteiger partial charge in [-0.1, -0.05) is 152 Å². The van der Waals surface area contributed by atoms with E-state index in [9.17, 15) is 0 Å². The molecule has 0 spiro atoms. The zero-order valence-corrected chi connectivity index (χ0v) is 30.6. The third-order valence-corrected chi connectivity index (χ3v) is 12.1. The summed E-state index contributed by atoms with van der Waals surface area (Å²) in [4.78, 5) is 2.47. The minimum atomic E-state index is 0.907. The number of hydrogen-bond acceptors (Lipinski definition) is 3. The van der Waals surface area contributed by atoms with Crippen LogP contribution in [0.4, 0.5) is 17.1 Å². The molecule has 0 atom stereocenters. The number of rotatable bonds is 6. The highest BCUT2D eigenvalue weighted by molar-refractivity contribution is 7.26. The van der Waals surface area contributed by atoms with Gasteiger partial charge >= 0.3 is 0 Å². The van der Waals surface area contributed by atoms with Gasteiger partial charge in [0.25, 0.3) is 0 Å². The van der Waals surface area contributed by atoms with Crippen LogP contribution in [0.3, 0.4) is 0 Å². The number of anilines is 3. The fourth-order valence-corrected chi connectivity index (χ4v) is 9.55. The van der Waals surface area contributed by atoms with Crippen LogP contribution in [0.25, 0.3) is 86.3 Å². The van der Waals surface area contributed by atoms with Crippen LogP contribution in [0.1, 0.15) is 0 Å². The Morgan fingerprint density at radius 1 is 0.382 bits per heavy atom. The van der Waals surface area contributed by atoms with Gasteiger partial charge in [0.15, 0.2) is 0 Å². The average Bonchev–Trinajstić information content (AvgIpc) is 3.83. The van der Waals surface area contributed by atoms with E-state index in [1.54, 1.807) is 0 Å². The van der Waals surface area contributed by atoms with Crippen LogP contribution in [0.2, 0.25) is 0 Å². The lowest BCUT2D eigenvalue weighted by atomic mass is 9.90. The van der Waals surface area contributed by atoms with E-state index in [1.807, 2.05) is 23.5 Å². The summed E-state index contributed by atoms with van der Waals surface area (Å²) in [5.74, 6) is 0. The molecule has 0 fully saturated rings. The highest BCUT2D eigenvalue weighted by Crippen LogP contribution is 2.49. The summed E-state index contributed by atoms with van der Waals surface area (Å²) < 4.78 is 8.71. The summed E-state index contributed by atoms with van der Waals surface area (Å²) in [5, 5.41) is 7.30. The lowest BCUT2D eigenvalue weighted by Crippen LogP contribution is -2.11. The van der Waals surface area contributed by atoms with Crippen molar-refractivity contribution in [2.75, 3.05) is 4.90 Å². The Balaban J connectivity index is 1.13. The molecule has 3 heteroatoms. The van der Waals surface area contributed by atoms with E-state index in [1.165, 1.54) is 53.2 Å². The van der Waals surface area contributed by atoms with E-state index in [4.69, 9.17) is 4.42 Å². The Labute approximate surface area is 322 Å². The van der Waals surface area contributed by atoms with Crippen LogP contribution in [-0.4, -0.2) is 0 Å². The van der Waals surface area contributed by atoms with Crippen molar-refractivity contribution in [1.82, 2.24) is 0 Å². The van der Waals surface area contributed by atoms with Gasteiger partial charge in [0, 0.05) is 37.5 Å². The second-order valence-corrected chi connectivity index (χ2v) is 15.1. The first-order chi connectivity index (χ1) is 27.3. The van der Waals surface area contributed by atoms with Crippen molar-refractivity contribution in [3.8, 4) is 33.4 Å². The fraction of sp³-hybridized carbons (Fsp3) is 0. The number of hydrogen-bond donors (Lipinski definition) is 0. The molecule has 0 saturated carbocycles. The van der Waals surface area contributed by atoms with Crippen molar-refractivity contribution in [1.29, 1.82) is 0 Å². The number of para-hydroxylation sites is 2. The minimum Gasteiger partial charge on any atom is -0.456 e. The first-order valence-electron chi connectivity index (χ1n) is 18.7. The lowest BCUT2D eigenvalue weighted by Gasteiger charge is -2.29. The topological polar surface area (TPSA) is 16.4 Å². The molecule has 0 amide bonds. The Hall–Kier alpha value is -6.94. The average molecular weight is 720 g/mol. The van der Waals surface area contributed by atoms with Gasteiger partial charge in [-0.25, -0.2) is 0 Å².